The number of amides is 4. The van der Waals surface area contributed by atoms with Crippen LogP contribution in [0.4, 0.5) is 17.6 Å². The Morgan fingerprint density at radius 2 is 1.41 bits per heavy atom. The molecule has 0 atom stereocenters. The maximum absolute atomic E-state index is 13.8. The molecule has 2 fully saturated rings. The van der Waals surface area contributed by atoms with Gasteiger partial charge >= 0.3 is 0 Å². The SMILES string of the molecule is CCn1nc(C)cc1C(=O)Nc1nc2cc(C(N)=O)cc(OCCN3CCC34COC4)c2n1C/C=C/Cn1c(NC(=O)c2c(N)c(C)nn2CC)nc2cc(C(N)=O)cc(OC)c21. The molecule has 21 nitrogen and oxygen atoms in total. The number of rotatable bonds is 17. The van der Waals surface area contributed by atoms with Crippen molar-refractivity contribution in [2.45, 2.75) is 65.8 Å². The Morgan fingerprint density at radius 1 is 0.825 bits per heavy atom. The highest BCUT2D eigenvalue weighted by Gasteiger charge is 2.50. The third-order valence-electron chi connectivity index (χ3n) is 11.6. The third kappa shape index (κ3) is 7.80. The number of imidazole rings is 2. The Morgan fingerprint density at radius 3 is 1.94 bits per heavy atom. The van der Waals surface area contributed by atoms with Crippen LogP contribution in [0.1, 0.15) is 73.3 Å². The van der Waals surface area contributed by atoms with Crippen molar-refractivity contribution in [3.05, 3.63) is 76.4 Å². The lowest BCUT2D eigenvalue weighted by Crippen LogP contribution is -2.71. The molecule has 2 aromatic carbocycles. The van der Waals surface area contributed by atoms with Gasteiger partial charge in [-0.3, -0.25) is 44.1 Å². The first-order valence-electron chi connectivity index (χ1n) is 20.6. The van der Waals surface area contributed by atoms with Gasteiger partial charge in [0.25, 0.3) is 11.8 Å². The molecule has 0 bridgehead atoms. The number of nitrogens with zero attached hydrogens (tertiary/aromatic N) is 9. The van der Waals surface area contributed by atoms with E-state index >= 15 is 0 Å². The van der Waals surface area contributed by atoms with Crippen LogP contribution in [0.3, 0.4) is 0 Å². The predicted octanol–water partition coefficient (Wildman–Crippen LogP) is 2.84. The Balaban J connectivity index is 1.16. The monoisotopic (exact) mass is 862 g/mol. The van der Waals surface area contributed by atoms with Gasteiger partial charge in [-0.1, -0.05) is 12.2 Å². The number of carbonyl (C=O) groups is 4. The van der Waals surface area contributed by atoms with Crippen LogP contribution in [0.2, 0.25) is 0 Å². The van der Waals surface area contributed by atoms with Gasteiger partial charge in [0.05, 0.1) is 54.0 Å². The number of hydrogen-bond donors (Lipinski definition) is 5. The fourth-order valence-corrected chi connectivity index (χ4v) is 8.14. The van der Waals surface area contributed by atoms with Crippen LogP contribution >= 0.6 is 0 Å². The normalized spacial score (nSPS) is 14.6. The number of hydrogen-bond acceptors (Lipinski definition) is 13. The number of likely N-dealkylation sites (tertiary alicyclic amines) is 1. The van der Waals surface area contributed by atoms with Crippen LogP contribution in [0, 0.1) is 13.8 Å². The summed E-state index contributed by atoms with van der Waals surface area (Å²) < 4.78 is 24.2. The highest BCUT2D eigenvalue weighted by Crippen LogP contribution is 2.37. The molecule has 4 amide bonds. The Labute approximate surface area is 361 Å². The van der Waals surface area contributed by atoms with Crippen molar-refractivity contribution in [3.8, 4) is 11.5 Å². The summed E-state index contributed by atoms with van der Waals surface area (Å²) in [6.07, 6.45) is 4.75. The summed E-state index contributed by atoms with van der Waals surface area (Å²) in [5.41, 5.74) is 21.8. The fourth-order valence-electron chi connectivity index (χ4n) is 8.14. The third-order valence-corrected chi connectivity index (χ3v) is 11.6. The first kappa shape index (κ1) is 42.4. The molecule has 2 aliphatic heterocycles. The number of aryl methyl sites for hydroxylation is 4. The number of allylic oxidation sites excluding steroid dienone is 2. The quantitative estimate of drug-likeness (QED) is 0.0827. The van der Waals surface area contributed by atoms with Gasteiger partial charge in [-0.15, -0.1) is 0 Å². The molecule has 0 unspecified atom stereocenters. The number of nitrogen functional groups attached to an aromatic ring is 1. The zero-order valence-electron chi connectivity index (χ0n) is 35.7. The summed E-state index contributed by atoms with van der Waals surface area (Å²) in [6, 6.07) is 7.87. The number of aromatic nitrogens is 8. The summed E-state index contributed by atoms with van der Waals surface area (Å²) in [5.74, 6) is -1.35. The minimum absolute atomic E-state index is 0.0585. The molecule has 6 heterocycles. The number of benzene rings is 2. The van der Waals surface area contributed by atoms with Crippen LogP contribution in [-0.2, 0) is 30.9 Å². The van der Waals surface area contributed by atoms with E-state index in [4.69, 9.17) is 41.4 Å². The van der Waals surface area contributed by atoms with E-state index < -0.39 is 23.6 Å². The van der Waals surface area contributed by atoms with Crippen LogP contribution in [-0.4, -0.2) is 113 Å². The maximum atomic E-state index is 13.8. The summed E-state index contributed by atoms with van der Waals surface area (Å²) in [6.45, 7) is 11.7. The van der Waals surface area contributed by atoms with E-state index in [0.29, 0.717) is 90.1 Å². The zero-order valence-corrected chi connectivity index (χ0v) is 35.7. The Hall–Kier alpha value is -7.26. The van der Waals surface area contributed by atoms with E-state index in [1.807, 2.05) is 26.0 Å². The van der Waals surface area contributed by atoms with Crippen molar-refractivity contribution in [3.63, 3.8) is 0 Å². The van der Waals surface area contributed by atoms with Gasteiger partial charge in [-0.25, -0.2) is 9.97 Å². The van der Waals surface area contributed by atoms with E-state index in [9.17, 15) is 19.2 Å². The number of anilines is 3. The standard InChI is InChI=1S/C42H50N14O7/c1-6-55-29(16-23(3)50-55)38(59)48-40-47-28-18-26(37(45)58)20-31(63-15-14-52-13-10-42(52)21-62-22-42)34(28)54(40)12-9-8-11-53-33-27(17-25(36(44)57)19-30(33)61-5)46-41(53)49-39(60)35-32(43)24(4)51-56(35)7-2/h8-9,16-20H,6-7,10-15,21-22,43H2,1-5H3,(H2,44,57)(H2,45,58)(H,46,49,60)(H,47,48,59)/b9-8+. The maximum Gasteiger partial charge on any atom is 0.278 e. The Kier molecular flexibility index (Phi) is 11.4. The second-order valence-electron chi connectivity index (χ2n) is 15.5. The van der Waals surface area contributed by atoms with Gasteiger partial charge in [0, 0.05) is 50.4 Å². The van der Waals surface area contributed by atoms with Gasteiger partial charge in [0.1, 0.15) is 40.5 Å². The van der Waals surface area contributed by atoms with Crippen molar-refractivity contribution in [2.75, 3.05) is 56.4 Å². The average molecular weight is 863 g/mol. The van der Waals surface area contributed by atoms with Crippen LogP contribution in [0.15, 0.2) is 42.5 Å². The van der Waals surface area contributed by atoms with Gasteiger partial charge in [-0.05, 0) is 64.4 Å². The molecule has 21 heteroatoms. The van der Waals surface area contributed by atoms with E-state index in [1.165, 1.54) is 23.9 Å². The van der Waals surface area contributed by atoms with Gasteiger partial charge in [-0.2, -0.15) is 10.2 Å². The highest BCUT2D eigenvalue weighted by atomic mass is 16.5. The topological polar surface area (TPSA) is 273 Å². The number of nitrogens with two attached hydrogens (primary N) is 3. The second kappa shape index (κ2) is 16.9. The summed E-state index contributed by atoms with van der Waals surface area (Å²) in [7, 11) is 1.45. The largest absolute Gasteiger partial charge is 0.494 e. The molecule has 0 radical (unpaired) electrons. The second-order valence-corrected chi connectivity index (χ2v) is 15.5. The summed E-state index contributed by atoms with van der Waals surface area (Å²) in [5, 5.41) is 14.7. The number of carbonyl (C=O) groups excluding carboxylic acids is 4. The van der Waals surface area contributed by atoms with E-state index in [2.05, 4.69) is 25.7 Å². The lowest BCUT2D eigenvalue weighted by atomic mass is 9.83. The molecular formula is C42H50N14O7. The molecule has 2 saturated heterocycles. The van der Waals surface area contributed by atoms with Crippen molar-refractivity contribution < 1.29 is 33.4 Å². The summed E-state index contributed by atoms with van der Waals surface area (Å²) >= 11 is 0. The van der Waals surface area contributed by atoms with Crippen LogP contribution in [0.25, 0.3) is 22.1 Å². The molecule has 63 heavy (non-hydrogen) atoms. The molecule has 6 aromatic rings. The van der Waals surface area contributed by atoms with Crippen LogP contribution in [0.5, 0.6) is 11.5 Å². The lowest BCUT2D eigenvalue weighted by Gasteiger charge is -2.57. The molecule has 4 aromatic heterocycles. The number of primary amides is 2. The number of fused-ring (bicyclic) bond motifs is 2. The Bertz CT molecular complexity index is 2820. The molecule has 8 N–H and O–H groups in total. The predicted molar refractivity (Wildman–Crippen MR) is 233 cm³/mol. The number of ether oxygens (including phenoxy) is 3. The first-order chi connectivity index (χ1) is 30.2. The minimum Gasteiger partial charge on any atom is -0.494 e. The number of nitrogens with one attached hydrogen (secondary N) is 2. The lowest BCUT2D eigenvalue weighted by molar-refractivity contribution is -0.193. The van der Waals surface area contributed by atoms with Crippen molar-refractivity contribution in [2.24, 2.45) is 11.5 Å². The zero-order chi connectivity index (χ0) is 44.7. The van der Waals surface area contributed by atoms with Gasteiger partial charge in [0.15, 0.2) is 0 Å². The first-order valence-corrected chi connectivity index (χ1v) is 20.6. The average Bonchev–Trinajstić information content (AvgIpc) is 3.97. The number of methoxy groups -OCH3 is 1. The van der Waals surface area contributed by atoms with Gasteiger partial charge < -0.3 is 40.5 Å². The van der Waals surface area contributed by atoms with Crippen molar-refractivity contribution in [1.82, 2.24) is 43.6 Å². The van der Waals surface area contributed by atoms with E-state index in [0.717, 1.165) is 13.0 Å². The summed E-state index contributed by atoms with van der Waals surface area (Å²) in [4.78, 5) is 64.3. The fraction of sp³-hybridized carbons (Fsp3) is 0.381. The van der Waals surface area contributed by atoms with E-state index in [1.54, 1.807) is 45.9 Å². The smallest absolute Gasteiger partial charge is 0.278 e. The molecular weight excluding hydrogens is 813 g/mol. The van der Waals surface area contributed by atoms with Crippen LogP contribution < -0.4 is 37.3 Å². The molecule has 0 aliphatic carbocycles. The molecule has 330 valence electrons. The van der Waals surface area contributed by atoms with Crippen molar-refractivity contribution in [1.29, 1.82) is 0 Å². The molecule has 1 spiro atoms. The highest BCUT2D eigenvalue weighted by molar-refractivity contribution is 6.07. The van der Waals surface area contributed by atoms with E-state index in [-0.39, 0.29) is 53.0 Å². The molecule has 2 aliphatic rings. The molecule has 8 rings (SSSR count). The van der Waals surface area contributed by atoms with Gasteiger partial charge in [0.2, 0.25) is 23.7 Å². The van der Waals surface area contributed by atoms with Crippen molar-refractivity contribution >= 4 is 63.3 Å². The minimum atomic E-state index is -0.682. The molecule has 0 saturated carbocycles.